The summed E-state index contributed by atoms with van der Waals surface area (Å²) in [6.07, 6.45) is 7.66. The van der Waals surface area contributed by atoms with Gasteiger partial charge in [0.05, 0.1) is 9.79 Å². The van der Waals surface area contributed by atoms with Crippen molar-refractivity contribution in [3.63, 3.8) is 0 Å². The van der Waals surface area contributed by atoms with Crippen LogP contribution in [0.15, 0.2) is 82.6 Å². The molecule has 10 heteroatoms. The number of nitrogens with zero attached hydrogens (tertiary/aromatic N) is 4. The largest absolute Gasteiger partial charge is 0.377 e. The second kappa shape index (κ2) is 15.0. The predicted molar refractivity (Wildman–Crippen MR) is 188 cm³/mol. The SMILES string of the molecule is C=C1CN(S(=O)(=O)c2ccc(C)cc2)CCCN(CC2CCCCC2)CCCN(S(=O)(=O)c2cccc3c(N(C)C)cccc23)C1. The van der Waals surface area contributed by atoms with Crippen molar-refractivity contribution in [1.29, 1.82) is 0 Å². The van der Waals surface area contributed by atoms with Crippen molar-refractivity contribution in [1.82, 2.24) is 13.5 Å². The minimum Gasteiger partial charge on any atom is -0.377 e. The molecule has 2 fully saturated rings. The summed E-state index contributed by atoms with van der Waals surface area (Å²) in [5.41, 5.74) is 2.48. The maximum Gasteiger partial charge on any atom is 0.243 e. The first-order valence-electron chi connectivity index (χ1n) is 16.6. The summed E-state index contributed by atoms with van der Waals surface area (Å²) in [5, 5.41) is 1.55. The van der Waals surface area contributed by atoms with Crippen molar-refractivity contribution in [2.75, 3.05) is 64.8 Å². The highest BCUT2D eigenvalue weighted by Crippen LogP contribution is 2.32. The number of anilines is 1. The molecule has 5 rings (SSSR count). The quantitative estimate of drug-likeness (QED) is 0.283. The Balaban J connectivity index is 1.48. The van der Waals surface area contributed by atoms with E-state index in [0.717, 1.165) is 36.3 Å². The third kappa shape index (κ3) is 8.02. The molecule has 1 saturated carbocycles. The monoisotopic (exact) mass is 666 g/mol. The highest BCUT2D eigenvalue weighted by atomic mass is 32.2. The van der Waals surface area contributed by atoms with Crippen molar-refractivity contribution in [3.05, 3.63) is 78.4 Å². The van der Waals surface area contributed by atoms with Crippen molar-refractivity contribution < 1.29 is 16.8 Å². The Labute approximate surface area is 276 Å². The van der Waals surface area contributed by atoms with E-state index in [1.165, 1.54) is 40.7 Å². The van der Waals surface area contributed by atoms with Gasteiger partial charge in [-0.25, -0.2) is 16.8 Å². The van der Waals surface area contributed by atoms with Crippen LogP contribution in [-0.2, 0) is 20.0 Å². The van der Waals surface area contributed by atoms with E-state index in [9.17, 15) is 16.8 Å². The minimum absolute atomic E-state index is 0.0502. The second-order valence-electron chi connectivity index (χ2n) is 13.3. The first-order chi connectivity index (χ1) is 22.0. The van der Waals surface area contributed by atoms with E-state index in [0.29, 0.717) is 42.8 Å². The third-order valence-corrected chi connectivity index (χ3v) is 13.2. The molecule has 46 heavy (non-hydrogen) atoms. The molecule has 3 aromatic rings. The predicted octanol–water partition coefficient (Wildman–Crippen LogP) is 6.13. The molecule has 250 valence electrons. The number of hydrogen-bond donors (Lipinski definition) is 0. The van der Waals surface area contributed by atoms with Gasteiger partial charge in [-0.05, 0) is 81.5 Å². The molecule has 1 aliphatic carbocycles. The van der Waals surface area contributed by atoms with Gasteiger partial charge < -0.3 is 9.80 Å². The highest BCUT2D eigenvalue weighted by Gasteiger charge is 2.31. The van der Waals surface area contributed by atoms with E-state index in [2.05, 4.69) is 11.5 Å². The summed E-state index contributed by atoms with van der Waals surface area (Å²) < 4.78 is 59.9. The lowest BCUT2D eigenvalue weighted by Crippen LogP contribution is -2.42. The Kier molecular flexibility index (Phi) is 11.3. The molecule has 0 bridgehead atoms. The zero-order chi connectivity index (χ0) is 32.9. The first kappa shape index (κ1) is 34.6. The van der Waals surface area contributed by atoms with Crippen LogP contribution in [-0.4, -0.2) is 90.3 Å². The lowest BCUT2D eigenvalue weighted by molar-refractivity contribution is 0.188. The fraction of sp³-hybridized carbons (Fsp3) is 0.500. The highest BCUT2D eigenvalue weighted by molar-refractivity contribution is 7.89. The normalized spacial score (nSPS) is 19.5. The minimum atomic E-state index is -3.94. The molecule has 1 aliphatic heterocycles. The molecule has 0 aromatic heterocycles. The van der Waals surface area contributed by atoms with Crippen LogP contribution < -0.4 is 4.90 Å². The number of aryl methyl sites for hydroxylation is 1. The Hall–Kier alpha value is -2.76. The molecule has 3 aromatic carbocycles. The lowest BCUT2D eigenvalue weighted by atomic mass is 9.89. The Morgan fingerprint density at radius 1 is 0.717 bits per heavy atom. The molecule has 0 spiro atoms. The molecule has 2 aliphatic rings. The molecular weight excluding hydrogens is 617 g/mol. The Morgan fingerprint density at radius 2 is 1.30 bits per heavy atom. The molecule has 0 N–H and O–H groups in total. The van der Waals surface area contributed by atoms with E-state index in [1.54, 1.807) is 24.3 Å². The standard InChI is InChI=1S/C36H50N4O4S2/c1-29-18-20-32(21-19-29)45(41,42)39-24-10-22-38(28-31-12-6-5-7-13-31)23-11-25-40(27-30(2)26-39)46(43,44)36-17-9-14-33-34(36)15-8-16-35(33)37(3)4/h8-9,14-21,31H,2,5-7,10-13,22-28H2,1,3-4H3. The average Bonchev–Trinajstić information content (AvgIpc) is 3.03. The van der Waals surface area contributed by atoms with E-state index < -0.39 is 20.0 Å². The number of hydrogen-bond acceptors (Lipinski definition) is 6. The van der Waals surface area contributed by atoms with Gasteiger partial charge in [0, 0.05) is 63.3 Å². The number of fused-ring (bicyclic) bond motifs is 1. The summed E-state index contributed by atoms with van der Waals surface area (Å²) in [7, 11) is -3.85. The van der Waals surface area contributed by atoms with Crippen molar-refractivity contribution >= 4 is 36.5 Å². The van der Waals surface area contributed by atoms with Gasteiger partial charge >= 0.3 is 0 Å². The molecule has 0 atom stereocenters. The van der Waals surface area contributed by atoms with Crippen LogP contribution in [0, 0.1) is 12.8 Å². The zero-order valence-electron chi connectivity index (χ0n) is 27.7. The molecule has 0 amide bonds. The van der Waals surface area contributed by atoms with Gasteiger partial charge in [-0.3, -0.25) is 0 Å². The summed E-state index contributed by atoms with van der Waals surface area (Å²) in [6.45, 7) is 9.46. The van der Waals surface area contributed by atoms with Gasteiger partial charge in [0.15, 0.2) is 0 Å². The van der Waals surface area contributed by atoms with Gasteiger partial charge in [0.2, 0.25) is 20.0 Å². The van der Waals surface area contributed by atoms with Crippen LogP contribution in [0.3, 0.4) is 0 Å². The van der Waals surface area contributed by atoms with Crippen LogP contribution in [0.25, 0.3) is 10.8 Å². The molecule has 1 heterocycles. The Bertz CT molecular complexity index is 1720. The second-order valence-corrected chi connectivity index (χ2v) is 17.1. The van der Waals surface area contributed by atoms with Crippen LogP contribution in [0.2, 0.25) is 0 Å². The maximum absolute atomic E-state index is 14.5. The lowest BCUT2D eigenvalue weighted by Gasteiger charge is -2.33. The van der Waals surface area contributed by atoms with Gasteiger partial charge in [-0.1, -0.05) is 67.8 Å². The third-order valence-electron chi connectivity index (χ3n) is 9.42. The van der Waals surface area contributed by atoms with Gasteiger partial charge in [0.25, 0.3) is 0 Å². The molecular formula is C36H50N4O4S2. The summed E-state index contributed by atoms with van der Waals surface area (Å²) in [6, 6.07) is 18.1. The molecule has 0 unspecified atom stereocenters. The van der Waals surface area contributed by atoms with Crippen molar-refractivity contribution in [2.45, 2.75) is 61.7 Å². The van der Waals surface area contributed by atoms with Crippen LogP contribution in [0.4, 0.5) is 5.69 Å². The fourth-order valence-electron chi connectivity index (χ4n) is 6.97. The average molecular weight is 667 g/mol. The van der Waals surface area contributed by atoms with E-state index >= 15 is 0 Å². The number of sulfonamides is 2. The van der Waals surface area contributed by atoms with Gasteiger partial charge in [-0.2, -0.15) is 8.61 Å². The van der Waals surface area contributed by atoms with Gasteiger partial charge in [-0.15, -0.1) is 0 Å². The number of rotatable bonds is 7. The summed E-state index contributed by atoms with van der Waals surface area (Å²) >= 11 is 0. The molecule has 1 saturated heterocycles. The van der Waals surface area contributed by atoms with E-state index in [4.69, 9.17) is 0 Å². The smallest absolute Gasteiger partial charge is 0.243 e. The van der Waals surface area contributed by atoms with E-state index in [-0.39, 0.29) is 22.9 Å². The van der Waals surface area contributed by atoms with Crippen molar-refractivity contribution in [2.24, 2.45) is 5.92 Å². The maximum atomic E-state index is 14.5. The van der Waals surface area contributed by atoms with Crippen LogP contribution in [0.1, 0.15) is 50.5 Å². The van der Waals surface area contributed by atoms with Crippen LogP contribution >= 0.6 is 0 Å². The van der Waals surface area contributed by atoms with Crippen LogP contribution in [0.5, 0.6) is 0 Å². The van der Waals surface area contributed by atoms with E-state index in [1.807, 2.05) is 62.3 Å². The molecule has 0 radical (unpaired) electrons. The fourth-order valence-corrected chi connectivity index (χ4v) is 10.2. The van der Waals surface area contributed by atoms with Gasteiger partial charge in [0.1, 0.15) is 0 Å². The summed E-state index contributed by atoms with van der Waals surface area (Å²) in [5.74, 6) is 0.634. The number of benzene rings is 3. The topological polar surface area (TPSA) is 81.2 Å². The first-order valence-corrected chi connectivity index (χ1v) is 19.5. The Morgan fingerprint density at radius 3 is 1.93 bits per heavy atom. The molecule has 8 nitrogen and oxygen atoms in total. The summed E-state index contributed by atoms with van der Waals surface area (Å²) in [4.78, 5) is 4.93. The van der Waals surface area contributed by atoms with Crippen molar-refractivity contribution in [3.8, 4) is 0 Å². The zero-order valence-corrected chi connectivity index (χ0v) is 29.3.